The SMILES string of the molecule is CC(C)(C)c1cc(-c2cc(-c3ccccn3)cc(-c3ccnc4c3nc(-c3cc(C(C)(C)C)ccc3O)n4-c3ccccc3)c2)cc(C(C)(C)C)c1. The molecule has 0 aliphatic heterocycles. The first-order chi connectivity index (χ1) is 24.6. The van der Waals surface area contributed by atoms with Gasteiger partial charge >= 0.3 is 0 Å². The zero-order valence-electron chi connectivity index (χ0n) is 31.8. The Morgan fingerprint density at radius 2 is 1.12 bits per heavy atom. The van der Waals surface area contributed by atoms with E-state index in [0.717, 1.165) is 44.7 Å². The molecule has 0 bridgehead atoms. The Balaban J connectivity index is 1.53. The van der Waals surface area contributed by atoms with Crippen molar-refractivity contribution in [1.29, 1.82) is 0 Å². The molecule has 7 rings (SSSR count). The summed E-state index contributed by atoms with van der Waals surface area (Å²) in [6, 6.07) is 37.8. The summed E-state index contributed by atoms with van der Waals surface area (Å²) in [7, 11) is 0. The lowest BCUT2D eigenvalue weighted by Gasteiger charge is -2.26. The maximum Gasteiger partial charge on any atom is 0.165 e. The van der Waals surface area contributed by atoms with E-state index in [4.69, 9.17) is 15.0 Å². The lowest BCUT2D eigenvalue weighted by atomic mass is 9.78. The van der Waals surface area contributed by atoms with Gasteiger partial charge in [0.15, 0.2) is 11.5 Å². The van der Waals surface area contributed by atoms with Crippen LogP contribution in [0.5, 0.6) is 5.75 Å². The third kappa shape index (κ3) is 6.76. The summed E-state index contributed by atoms with van der Waals surface area (Å²) in [6.07, 6.45) is 3.70. The molecule has 52 heavy (non-hydrogen) atoms. The Bertz CT molecular complexity index is 2370. The Labute approximate surface area is 308 Å². The Kier molecular flexibility index (Phi) is 8.65. The van der Waals surface area contributed by atoms with Crippen molar-refractivity contribution in [2.45, 2.75) is 78.6 Å². The highest BCUT2D eigenvalue weighted by atomic mass is 16.3. The minimum atomic E-state index is -0.116. The number of benzene rings is 4. The van der Waals surface area contributed by atoms with Crippen molar-refractivity contribution in [2.24, 2.45) is 0 Å². The molecule has 7 aromatic rings. The fraction of sp³-hybridized carbons (Fsp3) is 0.255. The van der Waals surface area contributed by atoms with Crippen molar-refractivity contribution in [3.8, 4) is 56.3 Å². The number of hydrogen-bond donors (Lipinski definition) is 1. The van der Waals surface area contributed by atoms with Gasteiger partial charge in [0.25, 0.3) is 0 Å². The zero-order chi connectivity index (χ0) is 37.0. The molecule has 0 amide bonds. The van der Waals surface area contributed by atoms with Crippen LogP contribution < -0.4 is 0 Å². The normalized spacial score (nSPS) is 12.4. The van der Waals surface area contributed by atoms with E-state index in [0.29, 0.717) is 17.0 Å². The molecule has 3 heterocycles. The van der Waals surface area contributed by atoms with E-state index in [2.05, 4.69) is 128 Å². The molecule has 262 valence electrons. The van der Waals surface area contributed by atoms with Crippen LogP contribution in [0, 0.1) is 0 Å². The monoisotopic (exact) mass is 684 g/mol. The fourth-order valence-electron chi connectivity index (χ4n) is 6.68. The Morgan fingerprint density at radius 1 is 0.500 bits per heavy atom. The second-order valence-corrected chi connectivity index (χ2v) is 16.9. The van der Waals surface area contributed by atoms with E-state index in [1.807, 2.05) is 54.9 Å². The standard InChI is InChI=1S/C47H48N4O/c1-45(2,3)34-18-19-41(52)39(29-34)43-50-42-38(20-22-49-44(42)51(43)37-15-11-10-12-16-37)32-23-30(24-33(25-32)40-17-13-14-21-48-40)31-26-35(46(4,5)6)28-36(27-31)47(7,8)9/h10-29,52H,1-9H3. The van der Waals surface area contributed by atoms with Crippen LogP contribution in [-0.4, -0.2) is 24.6 Å². The van der Waals surface area contributed by atoms with E-state index in [1.54, 1.807) is 6.07 Å². The summed E-state index contributed by atoms with van der Waals surface area (Å²) in [5, 5.41) is 11.3. The molecule has 0 saturated heterocycles. The van der Waals surface area contributed by atoms with Gasteiger partial charge in [-0.05, 0) is 110 Å². The maximum absolute atomic E-state index is 11.3. The highest BCUT2D eigenvalue weighted by molar-refractivity contribution is 5.95. The van der Waals surface area contributed by atoms with Crippen molar-refractivity contribution in [1.82, 2.24) is 19.5 Å². The number of fused-ring (bicyclic) bond motifs is 1. The molecule has 0 spiro atoms. The largest absolute Gasteiger partial charge is 0.507 e. The summed E-state index contributed by atoms with van der Waals surface area (Å²) < 4.78 is 2.06. The van der Waals surface area contributed by atoms with Crippen molar-refractivity contribution >= 4 is 11.2 Å². The molecule has 0 fully saturated rings. The number of hydrogen-bond acceptors (Lipinski definition) is 4. The van der Waals surface area contributed by atoms with Gasteiger partial charge in [0, 0.05) is 29.2 Å². The van der Waals surface area contributed by atoms with Crippen LogP contribution in [0.3, 0.4) is 0 Å². The van der Waals surface area contributed by atoms with Crippen molar-refractivity contribution < 1.29 is 5.11 Å². The molecule has 5 nitrogen and oxygen atoms in total. The molecular weight excluding hydrogens is 637 g/mol. The summed E-state index contributed by atoms with van der Waals surface area (Å²) >= 11 is 0. The number of para-hydroxylation sites is 1. The highest BCUT2D eigenvalue weighted by Gasteiger charge is 2.25. The molecule has 3 aromatic heterocycles. The fourth-order valence-corrected chi connectivity index (χ4v) is 6.68. The number of imidazole rings is 1. The minimum absolute atomic E-state index is 0.0226. The molecule has 5 heteroatoms. The predicted molar refractivity (Wildman–Crippen MR) is 216 cm³/mol. The van der Waals surface area contributed by atoms with Gasteiger partial charge in [-0.1, -0.05) is 111 Å². The molecule has 0 radical (unpaired) electrons. The second kappa shape index (κ2) is 12.9. The first kappa shape index (κ1) is 34.9. The summed E-state index contributed by atoms with van der Waals surface area (Å²) in [6.45, 7) is 20.2. The van der Waals surface area contributed by atoms with Crippen LogP contribution in [0.4, 0.5) is 0 Å². The van der Waals surface area contributed by atoms with E-state index in [9.17, 15) is 5.11 Å². The zero-order valence-corrected chi connectivity index (χ0v) is 31.8. The molecule has 0 aliphatic rings. The van der Waals surface area contributed by atoms with E-state index in [1.165, 1.54) is 16.7 Å². The van der Waals surface area contributed by atoms with Gasteiger partial charge in [-0.2, -0.15) is 0 Å². The van der Waals surface area contributed by atoms with Gasteiger partial charge < -0.3 is 5.11 Å². The van der Waals surface area contributed by atoms with Gasteiger partial charge in [0.05, 0.1) is 11.3 Å². The van der Waals surface area contributed by atoms with Gasteiger partial charge in [-0.25, -0.2) is 9.97 Å². The van der Waals surface area contributed by atoms with E-state index < -0.39 is 0 Å². The molecule has 0 saturated carbocycles. The van der Waals surface area contributed by atoms with Crippen LogP contribution in [0.1, 0.15) is 79.0 Å². The lowest BCUT2D eigenvalue weighted by molar-refractivity contribution is 0.475. The third-order valence-electron chi connectivity index (χ3n) is 9.87. The smallest absolute Gasteiger partial charge is 0.165 e. The van der Waals surface area contributed by atoms with E-state index in [-0.39, 0.29) is 22.0 Å². The Hall–Kier alpha value is -5.55. The van der Waals surface area contributed by atoms with Gasteiger partial charge in [0.1, 0.15) is 11.3 Å². The van der Waals surface area contributed by atoms with Crippen molar-refractivity contribution in [2.75, 3.05) is 0 Å². The molecule has 0 unspecified atom stereocenters. The number of rotatable bonds is 5. The van der Waals surface area contributed by atoms with Crippen LogP contribution in [0.2, 0.25) is 0 Å². The van der Waals surface area contributed by atoms with Crippen LogP contribution in [-0.2, 0) is 16.2 Å². The van der Waals surface area contributed by atoms with Gasteiger partial charge in [-0.15, -0.1) is 0 Å². The predicted octanol–water partition coefficient (Wildman–Crippen LogP) is 12.1. The van der Waals surface area contributed by atoms with E-state index >= 15 is 0 Å². The van der Waals surface area contributed by atoms with Gasteiger partial charge in [-0.3, -0.25) is 9.55 Å². The van der Waals surface area contributed by atoms with Crippen molar-refractivity contribution in [3.63, 3.8) is 0 Å². The number of phenols is 1. The van der Waals surface area contributed by atoms with Crippen LogP contribution in [0.15, 0.2) is 122 Å². The van der Waals surface area contributed by atoms with Crippen LogP contribution >= 0.6 is 0 Å². The highest BCUT2D eigenvalue weighted by Crippen LogP contribution is 2.41. The number of phenolic OH excluding ortho intramolecular Hbond substituents is 1. The average Bonchev–Trinajstić information content (AvgIpc) is 3.50. The number of pyridine rings is 2. The third-order valence-corrected chi connectivity index (χ3v) is 9.87. The average molecular weight is 685 g/mol. The maximum atomic E-state index is 11.3. The molecule has 4 aromatic carbocycles. The lowest BCUT2D eigenvalue weighted by Crippen LogP contribution is -2.16. The summed E-state index contributed by atoms with van der Waals surface area (Å²) in [4.78, 5) is 15.0. The number of aromatic nitrogens is 4. The Morgan fingerprint density at radius 3 is 1.75 bits per heavy atom. The number of aromatic hydroxyl groups is 1. The van der Waals surface area contributed by atoms with Gasteiger partial charge in [0.2, 0.25) is 0 Å². The quantitative estimate of drug-likeness (QED) is 0.196. The van der Waals surface area contributed by atoms with Crippen LogP contribution in [0.25, 0.3) is 61.8 Å². The first-order valence-electron chi connectivity index (χ1n) is 18.1. The molecule has 1 N–H and O–H groups in total. The first-order valence-corrected chi connectivity index (χ1v) is 18.1. The van der Waals surface area contributed by atoms with Crippen molar-refractivity contribution in [3.05, 3.63) is 138 Å². The second-order valence-electron chi connectivity index (χ2n) is 16.9. The summed E-state index contributed by atoms with van der Waals surface area (Å²) in [5.74, 6) is 0.813. The molecule has 0 aliphatic carbocycles. The topological polar surface area (TPSA) is 63.8 Å². The molecular formula is C47H48N4O. The molecule has 0 atom stereocenters. The number of nitrogens with zero attached hydrogens (tertiary/aromatic N) is 4. The summed E-state index contributed by atoms with van der Waals surface area (Å²) in [5.41, 5.74) is 12.8. The minimum Gasteiger partial charge on any atom is -0.507 e.